The van der Waals surface area contributed by atoms with Crippen molar-refractivity contribution in [1.82, 2.24) is 10.2 Å². The molecule has 1 aliphatic rings. The van der Waals surface area contributed by atoms with Crippen LogP contribution < -0.4 is 5.32 Å². The summed E-state index contributed by atoms with van der Waals surface area (Å²) in [5, 5.41) is 23.9. The summed E-state index contributed by atoms with van der Waals surface area (Å²) in [4.78, 5) is 14.9. The van der Waals surface area contributed by atoms with Crippen molar-refractivity contribution in [2.45, 2.75) is 57.6 Å². The highest BCUT2D eigenvalue weighted by Gasteiger charge is 2.39. The Kier molecular flexibility index (Phi) is 11.5. The lowest BCUT2D eigenvalue weighted by Crippen LogP contribution is -2.46. The van der Waals surface area contributed by atoms with E-state index >= 15 is 0 Å². The van der Waals surface area contributed by atoms with Gasteiger partial charge < -0.3 is 25.0 Å². The number of ether oxygens (including phenoxy) is 2. The molecule has 1 aliphatic heterocycles. The average molecular weight is 671 g/mol. The molecular weight excluding hydrogens is 624 g/mol. The van der Waals surface area contributed by atoms with Gasteiger partial charge in [-0.15, -0.1) is 0 Å². The number of rotatable bonds is 12. The number of carbonyl (C=O) groups is 1. The number of amides is 1. The topological polar surface area (TPSA) is 91.3 Å². The number of aliphatic hydroxyl groups excluding tert-OH is 2. The minimum Gasteiger partial charge on any atom is -0.392 e. The van der Waals surface area contributed by atoms with E-state index in [1.807, 2.05) is 129 Å². The van der Waals surface area contributed by atoms with Crippen molar-refractivity contribution in [2.24, 2.45) is 5.92 Å². The van der Waals surface area contributed by atoms with E-state index in [1.54, 1.807) is 0 Å². The van der Waals surface area contributed by atoms with Gasteiger partial charge in [-0.1, -0.05) is 128 Å². The van der Waals surface area contributed by atoms with Gasteiger partial charge in [-0.2, -0.15) is 0 Å². The molecule has 0 spiro atoms. The molecule has 7 heteroatoms. The normalized spacial score (nSPS) is 20.3. The van der Waals surface area contributed by atoms with Crippen LogP contribution in [-0.4, -0.2) is 46.8 Å². The fourth-order valence-electron chi connectivity index (χ4n) is 6.59. The van der Waals surface area contributed by atoms with Crippen molar-refractivity contribution in [3.05, 3.63) is 167 Å². The lowest BCUT2D eigenvalue weighted by Gasteiger charge is -2.43. The Bertz CT molecular complexity index is 1810. The average Bonchev–Trinajstić information content (AvgIpc) is 3.18. The second-order valence-corrected chi connectivity index (χ2v) is 13.2. The quantitative estimate of drug-likeness (QED) is 0.127. The molecule has 1 fully saturated rings. The van der Waals surface area contributed by atoms with Crippen LogP contribution in [0.25, 0.3) is 11.1 Å². The predicted molar refractivity (Wildman–Crippen MR) is 196 cm³/mol. The van der Waals surface area contributed by atoms with E-state index in [1.165, 1.54) is 0 Å². The fourth-order valence-corrected chi connectivity index (χ4v) is 6.59. The Morgan fingerprint density at radius 1 is 0.800 bits per heavy atom. The van der Waals surface area contributed by atoms with Gasteiger partial charge in [0.1, 0.15) is 0 Å². The van der Waals surface area contributed by atoms with E-state index in [0.717, 1.165) is 38.9 Å². The summed E-state index contributed by atoms with van der Waals surface area (Å²) in [7, 11) is 2.02. The van der Waals surface area contributed by atoms with Crippen molar-refractivity contribution in [3.8, 4) is 11.1 Å². The number of aliphatic hydroxyl groups is 2. The Balaban J connectivity index is 1.21. The van der Waals surface area contributed by atoms with Crippen LogP contribution in [0.1, 0.15) is 70.5 Å². The lowest BCUT2D eigenvalue weighted by molar-refractivity contribution is -0.276. The van der Waals surface area contributed by atoms with Crippen molar-refractivity contribution in [3.63, 3.8) is 0 Å². The maximum Gasteiger partial charge on any atom is 0.251 e. The second-order valence-electron chi connectivity index (χ2n) is 13.2. The maximum atomic E-state index is 12.7. The summed E-state index contributed by atoms with van der Waals surface area (Å²) in [6.07, 6.45) is -1.70. The number of hydrogen-bond acceptors (Lipinski definition) is 6. The van der Waals surface area contributed by atoms with Gasteiger partial charge >= 0.3 is 0 Å². The van der Waals surface area contributed by atoms with Gasteiger partial charge in [-0.05, 0) is 59.5 Å². The highest BCUT2D eigenvalue weighted by atomic mass is 16.7. The van der Waals surface area contributed by atoms with E-state index < -0.39 is 12.4 Å². The molecule has 1 heterocycles. The molecule has 6 atom stereocenters. The summed E-state index contributed by atoms with van der Waals surface area (Å²) in [5.74, 6) is -0.103. The summed E-state index contributed by atoms with van der Waals surface area (Å²) < 4.78 is 13.4. The van der Waals surface area contributed by atoms with Crippen LogP contribution in [0.4, 0.5) is 0 Å². The van der Waals surface area contributed by atoms with Crippen LogP contribution in [0.3, 0.4) is 0 Å². The van der Waals surface area contributed by atoms with E-state index in [0.29, 0.717) is 18.7 Å². The summed E-state index contributed by atoms with van der Waals surface area (Å²) >= 11 is 0. The first-order valence-electron chi connectivity index (χ1n) is 17.3. The zero-order chi connectivity index (χ0) is 35.0. The molecule has 0 saturated carbocycles. The monoisotopic (exact) mass is 670 g/mol. The highest BCUT2D eigenvalue weighted by molar-refractivity contribution is 5.94. The predicted octanol–water partition coefficient (Wildman–Crippen LogP) is 7.62. The zero-order valence-electron chi connectivity index (χ0n) is 28.9. The van der Waals surface area contributed by atoms with Crippen LogP contribution >= 0.6 is 0 Å². The van der Waals surface area contributed by atoms with Gasteiger partial charge in [0.25, 0.3) is 5.91 Å². The molecule has 1 saturated heterocycles. The molecule has 0 aromatic heterocycles. The molecule has 5 aromatic rings. The minimum atomic E-state index is -0.643. The Labute approximate surface area is 295 Å². The molecular formula is C43H46N2O5. The summed E-state index contributed by atoms with van der Waals surface area (Å²) in [5.41, 5.74) is 7.37. The first-order valence-corrected chi connectivity index (χ1v) is 17.3. The third-order valence-corrected chi connectivity index (χ3v) is 9.87. The van der Waals surface area contributed by atoms with Gasteiger partial charge in [-0.25, -0.2) is 0 Å². The molecule has 3 N–H and O–H groups in total. The van der Waals surface area contributed by atoms with Crippen molar-refractivity contribution < 1.29 is 24.5 Å². The highest BCUT2D eigenvalue weighted by Crippen LogP contribution is 2.42. The van der Waals surface area contributed by atoms with Crippen LogP contribution in [-0.2, 0) is 22.6 Å². The smallest absolute Gasteiger partial charge is 0.251 e. The van der Waals surface area contributed by atoms with E-state index in [9.17, 15) is 15.0 Å². The van der Waals surface area contributed by atoms with Crippen LogP contribution in [0.15, 0.2) is 133 Å². The Morgan fingerprint density at radius 3 is 2.10 bits per heavy atom. The third kappa shape index (κ3) is 8.21. The van der Waals surface area contributed by atoms with Gasteiger partial charge in [-0.3, -0.25) is 9.69 Å². The first-order chi connectivity index (χ1) is 24.3. The van der Waals surface area contributed by atoms with Gasteiger partial charge in [0.05, 0.1) is 24.9 Å². The van der Waals surface area contributed by atoms with Gasteiger partial charge in [0, 0.05) is 36.2 Å². The molecule has 7 nitrogen and oxygen atoms in total. The number of carbonyl (C=O) groups excluding carboxylic acids is 1. The fraction of sp³-hybridized carbons (Fsp3) is 0.279. The largest absolute Gasteiger partial charge is 0.392 e. The molecule has 5 aromatic carbocycles. The second kappa shape index (κ2) is 16.4. The summed E-state index contributed by atoms with van der Waals surface area (Å²) in [6.45, 7) is 5.17. The van der Waals surface area contributed by atoms with Crippen molar-refractivity contribution in [2.75, 3.05) is 13.6 Å². The first kappa shape index (κ1) is 35.2. The Hall–Kier alpha value is -4.63. The minimum absolute atomic E-state index is 0.00647. The van der Waals surface area contributed by atoms with E-state index in [2.05, 4.69) is 35.3 Å². The molecule has 0 radical (unpaired) electrons. The van der Waals surface area contributed by atoms with Crippen LogP contribution in [0.5, 0.6) is 0 Å². The summed E-state index contributed by atoms with van der Waals surface area (Å²) in [6, 6.07) is 43.1. The number of nitrogens with one attached hydrogen (secondary N) is 1. The van der Waals surface area contributed by atoms with Gasteiger partial charge in [0.15, 0.2) is 6.29 Å². The molecule has 258 valence electrons. The molecule has 6 rings (SSSR count). The zero-order valence-corrected chi connectivity index (χ0v) is 28.9. The maximum absolute atomic E-state index is 12.7. The number of nitrogens with zero attached hydrogens (tertiary/aromatic N) is 1. The number of likely N-dealkylation sites (N-methyl/N-ethyl adjacent to an activating group) is 1. The number of hydrogen-bond donors (Lipinski definition) is 3. The SMILES string of the molecule is C[C@@H]1[C@H](CN(C)[C@@H](C)[C@H](O)c2ccccc2)O[C@H](c2ccc(-c3ccccc3CNC(=O)c3ccccc3)cc2)O[C@@H]1c1ccc(CO)cc1. The Morgan fingerprint density at radius 2 is 1.42 bits per heavy atom. The van der Waals surface area contributed by atoms with Crippen molar-refractivity contribution >= 4 is 5.91 Å². The van der Waals surface area contributed by atoms with Crippen molar-refractivity contribution in [1.29, 1.82) is 0 Å². The molecule has 0 aliphatic carbocycles. The van der Waals surface area contributed by atoms with E-state index in [-0.39, 0.29) is 36.7 Å². The molecule has 1 amide bonds. The standard InChI is InChI=1S/C43H46N2O5/c1-29-39(27-45(3)30(2)40(47)33-12-6-4-7-13-33)49-43(50-41(29)34-20-18-31(28-46)19-21-34)36-24-22-32(23-25-36)38-17-11-10-16-37(38)26-44-42(48)35-14-8-5-9-15-35/h4-25,29-30,39-41,43,46-47H,26-28H2,1-3H3,(H,44,48)/t29-,30+,39+,40+,41+,43+/m1/s1. The van der Waals surface area contributed by atoms with E-state index in [4.69, 9.17) is 9.47 Å². The number of benzene rings is 5. The molecule has 0 unspecified atom stereocenters. The van der Waals surface area contributed by atoms with Crippen LogP contribution in [0.2, 0.25) is 0 Å². The van der Waals surface area contributed by atoms with Gasteiger partial charge in [0.2, 0.25) is 0 Å². The third-order valence-electron chi connectivity index (χ3n) is 9.87. The lowest BCUT2D eigenvalue weighted by atomic mass is 9.89. The molecule has 50 heavy (non-hydrogen) atoms. The van der Waals surface area contributed by atoms with Crippen LogP contribution in [0, 0.1) is 5.92 Å². The molecule has 0 bridgehead atoms.